The molecule has 3 aromatic rings. The number of amides is 1. The summed E-state index contributed by atoms with van der Waals surface area (Å²) in [6.45, 7) is 3.64. The van der Waals surface area contributed by atoms with E-state index in [4.69, 9.17) is 11.6 Å². The van der Waals surface area contributed by atoms with Crippen LogP contribution >= 0.6 is 22.9 Å². The third kappa shape index (κ3) is 4.26. The van der Waals surface area contributed by atoms with Crippen LogP contribution in [0.1, 0.15) is 11.8 Å². The molecule has 1 aliphatic heterocycles. The van der Waals surface area contributed by atoms with E-state index in [1.54, 1.807) is 17.0 Å². The zero-order valence-electron chi connectivity index (χ0n) is 16.8. The van der Waals surface area contributed by atoms with Gasteiger partial charge in [0.15, 0.2) is 0 Å². The molecule has 3 heterocycles. The van der Waals surface area contributed by atoms with Gasteiger partial charge in [0.05, 0.1) is 16.6 Å². The minimum absolute atomic E-state index is 0.0552. The molecule has 0 atom stereocenters. The van der Waals surface area contributed by atoms with Gasteiger partial charge in [0.2, 0.25) is 5.91 Å². The molecule has 0 aliphatic carbocycles. The van der Waals surface area contributed by atoms with E-state index >= 15 is 0 Å². The first-order chi connectivity index (χ1) is 14.9. The predicted molar refractivity (Wildman–Crippen MR) is 120 cm³/mol. The van der Waals surface area contributed by atoms with E-state index in [0.717, 1.165) is 11.3 Å². The van der Waals surface area contributed by atoms with E-state index in [-0.39, 0.29) is 23.7 Å². The van der Waals surface area contributed by atoms with E-state index in [9.17, 15) is 19.7 Å². The van der Waals surface area contributed by atoms with Gasteiger partial charge >= 0.3 is 0 Å². The number of benzene rings is 1. The first-order valence-electron chi connectivity index (χ1n) is 9.82. The lowest BCUT2D eigenvalue weighted by Crippen LogP contribution is -2.50. The third-order valence-electron chi connectivity index (χ3n) is 5.33. The van der Waals surface area contributed by atoms with Crippen LogP contribution in [-0.4, -0.2) is 51.5 Å². The molecule has 11 heteroatoms. The quantitative estimate of drug-likeness (QED) is 0.427. The van der Waals surface area contributed by atoms with Crippen molar-refractivity contribution in [3.05, 3.63) is 61.0 Å². The Kier molecular flexibility index (Phi) is 5.92. The highest BCUT2D eigenvalue weighted by molar-refractivity contribution is 7.18. The molecule has 0 bridgehead atoms. The fourth-order valence-electron chi connectivity index (χ4n) is 3.65. The fraction of sp³-hybridized carbons (Fsp3) is 0.350. The summed E-state index contributed by atoms with van der Waals surface area (Å²) in [7, 11) is 0. The Morgan fingerprint density at radius 3 is 2.68 bits per heavy atom. The van der Waals surface area contributed by atoms with Gasteiger partial charge in [-0.15, -0.1) is 11.3 Å². The van der Waals surface area contributed by atoms with Crippen LogP contribution in [0.2, 0.25) is 5.02 Å². The fourth-order valence-corrected chi connectivity index (χ4v) is 4.74. The van der Waals surface area contributed by atoms with Gasteiger partial charge in [0, 0.05) is 42.1 Å². The van der Waals surface area contributed by atoms with Crippen molar-refractivity contribution in [2.45, 2.75) is 19.9 Å². The van der Waals surface area contributed by atoms with Gasteiger partial charge in [-0.2, -0.15) is 0 Å². The Morgan fingerprint density at radius 2 is 2.00 bits per heavy atom. The maximum atomic E-state index is 12.8. The number of anilines is 1. The second kappa shape index (κ2) is 8.64. The largest absolute Gasteiger partial charge is 0.362 e. The van der Waals surface area contributed by atoms with Gasteiger partial charge < -0.3 is 9.80 Å². The lowest BCUT2D eigenvalue weighted by atomic mass is 10.2. The second-order valence-electron chi connectivity index (χ2n) is 7.22. The summed E-state index contributed by atoms with van der Waals surface area (Å²) >= 11 is 7.38. The molecule has 0 spiro atoms. The number of nitro groups is 1. The smallest absolute Gasteiger partial charge is 0.294 e. The molecule has 1 saturated heterocycles. The number of carbonyl (C=O) groups excluding carboxylic acids is 1. The number of nitro benzene ring substituents is 1. The van der Waals surface area contributed by atoms with Gasteiger partial charge in [-0.05, 0) is 24.6 Å². The summed E-state index contributed by atoms with van der Waals surface area (Å²) in [5, 5.41) is 12.2. The van der Waals surface area contributed by atoms with E-state index in [1.165, 1.54) is 28.3 Å². The Balaban J connectivity index is 1.45. The lowest BCUT2D eigenvalue weighted by molar-refractivity contribution is -0.384. The Hall–Kier alpha value is -2.98. The van der Waals surface area contributed by atoms with Crippen molar-refractivity contribution < 1.29 is 9.72 Å². The minimum Gasteiger partial charge on any atom is -0.362 e. The zero-order chi connectivity index (χ0) is 22.1. The van der Waals surface area contributed by atoms with Crippen LogP contribution in [0, 0.1) is 10.1 Å². The molecule has 1 aliphatic rings. The van der Waals surface area contributed by atoms with Gasteiger partial charge in [0.1, 0.15) is 17.1 Å². The number of thiophene rings is 1. The summed E-state index contributed by atoms with van der Waals surface area (Å²) in [5.41, 5.74) is 0.210. The molecule has 2 aromatic heterocycles. The summed E-state index contributed by atoms with van der Waals surface area (Å²) in [6, 6.07) is 6.42. The molecule has 162 valence electrons. The van der Waals surface area contributed by atoms with Crippen molar-refractivity contribution in [3.63, 3.8) is 0 Å². The number of halogens is 1. The van der Waals surface area contributed by atoms with E-state index in [1.807, 2.05) is 17.9 Å². The van der Waals surface area contributed by atoms with Crippen molar-refractivity contribution in [2.75, 3.05) is 31.1 Å². The van der Waals surface area contributed by atoms with Crippen LogP contribution < -0.4 is 10.5 Å². The Labute approximate surface area is 186 Å². The SMILES string of the molecule is CCc1cc2c(=O)n(CC(=O)N3CCN(c4ccc(Cl)cc4[N+](=O)[O-])CC3)cnc2s1. The summed E-state index contributed by atoms with van der Waals surface area (Å²) in [6.07, 6.45) is 2.25. The standard InChI is InChI=1S/C20H20ClN5O4S/c1-2-14-10-15-19(31-14)22-12-25(20(15)28)11-18(27)24-7-5-23(6-8-24)16-4-3-13(21)9-17(16)26(29)30/h3-4,9-10,12H,2,5-8,11H2,1H3. The number of aryl methyl sites for hydroxylation is 1. The van der Waals surface area contributed by atoms with Crippen LogP contribution in [0.4, 0.5) is 11.4 Å². The number of aromatic nitrogens is 2. The number of carbonyl (C=O) groups is 1. The highest BCUT2D eigenvalue weighted by Crippen LogP contribution is 2.31. The molecule has 0 saturated carbocycles. The number of hydrogen-bond donors (Lipinski definition) is 0. The number of hydrogen-bond acceptors (Lipinski definition) is 7. The lowest BCUT2D eigenvalue weighted by Gasteiger charge is -2.35. The van der Waals surface area contributed by atoms with Crippen molar-refractivity contribution in [1.82, 2.24) is 14.5 Å². The topological polar surface area (TPSA) is 102 Å². The Bertz CT molecular complexity index is 1220. The summed E-state index contributed by atoms with van der Waals surface area (Å²) in [4.78, 5) is 46.0. The van der Waals surface area contributed by atoms with Crippen molar-refractivity contribution in [3.8, 4) is 0 Å². The van der Waals surface area contributed by atoms with Gasteiger partial charge in [0.25, 0.3) is 11.2 Å². The number of piperazine rings is 1. The maximum absolute atomic E-state index is 12.8. The number of nitrogens with zero attached hydrogens (tertiary/aromatic N) is 5. The van der Waals surface area contributed by atoms with Gasteiger partial charge in [-0.1, -0.05) is 18.5 Å². The first kappa shape index (κ1) is 21.3. The molecule has 0 unspecified atom stereocenters. The average Bonchev–Trinajstić information content (AvgIpc) is 3.20. The molecule has 4 rings (SSSR count). The molecular weight excluding hydrogens is 442 g/mol. The number of fused-ring (bicyclic) bond motifs is 1. The van der Waals surface area contributed by atoms with E-state index in [0.29, 0.717) is 47.1 Å². The van der Waals surface area contributed by atoms with Gasteiger partial charge in [-0.3, -0.25) is 24.3 Å². The van der Waals surface area contributed by atoms with Crippen molar-refractivity contribution >= 4 is 50.4 Å². The second-order valence-corrected chi connectivity index (χ2v) is 8.77. The molecule has 1 amide bonds. The summed E-state index contributed by atoms with van der Waals surface area (Å²) < 4.78 is 1.34. The van der Waals surface area contributed by atoms with Crippen LogP contribution in [0.3, 0.4) is 0 Å². The van der Waals surface area contributed by atoms with E-state index < -0.39 is 4.92 Å². The molecule has 1 fully saturated rings. The van der Waals surface area contributed by atoms with Crippen LogP contribution in [0.15, 0.2) is 35.4 Å². The molecular formula is C20H20ClN5O4S. The molecule has 9 nitrogen and oxygen atoms in total. The van der Waals surface area contributed by atoms with Crippen LogP contribution in [-0.2, 0) is 17.8 Å². The Morgan fingerprint density at radius 1 is 1.26 bits per heavy atom. The number of rotatable bonds is 5. The van der Waals surface area contributed by atoms with E-state index in [2.05, 4.69) is 4.98 Å². The maximum Gasteiger partial charge on any atom is 0.294 e. The van der Waals surface area contributed by atoms with Crippen LogP contribution in [0.5, 0.6) is 0 Å². The van der Waals surface area contributed by atoms with Crippen molar-refractivity contribution in [1.29, 1.82) is 0 Å². The first-order valence-corrected chi connectivity index (χ1v) is 11.0. The van der Waals surface area contributed by atoms with Crippen molar-refractivity contribution in [2.24, 2.45) is 0 Å². The molecule has 31 heavy (non-hydrogen) atoms. The molecule has 0 N–H and O–H groups in total. The highest BCUT2D eigenvalue weighted by Gasteiger charge is 2.26. The highest BCUT2D eigenvalue weighted by atomic mass is 35.5. The molecule has 1 aromatic carbocycles. The molecule has 0 radical (unpaired) electrons. The van der Waals surface area contributed by atoms with Gasteiger partial charge in [-0.25, -0.2) is 4.98 Å². The third-order valence-corrected chi connectivity index (χ3v) is 6.75. The van der Waals surface area contributed by atoms with Crippen LogP contribution in [0.25, 0.3) is 10.2 Å². The monoisotopic (exact) mass is 461 g/mol. The average molecular weight is 462 g/mol. The predicted octanol–water partition coefficient (Wildman–Crippen LogP) is 2.93. The minimum atomic E-state index is -0.456. The zero-order valence-corrected chi connectivity index (χ0v) is 18.4. The summed E-state index contributed by atoms with van der Waals surface area (Å²) in [5.74, 6) is -0.181. The normalized spacial score (nSPS) is 14.3.